The summed E-state index contributed by atoms with van der Waals surface area (Å²) in [6, 6.07) is 0. The topological polar surface area (TPSA) is 20.2 Å². The Hall–Kier alpha value is -0.520. The molecular formula is C9H14O. The first-order valence-electron chi connectivity index (χ1n) is 3.89. The second-order valence-corrected chi connectivity index (χ2v) is 2.88. The van der Waals surface area contributed by atoms with Gasteiger partial charge in [0.15, 0.2) is 0 Å². The highest BCUT2D eigenvalue weighted by Gasteiger charge is 2.11. The van der Waals surface area contributed by atoms with E-state index in [1.165, 1.54) is 12.0 Å². The molecule has 10 heavy (non-hydrogen) atoms. The molecule has 1 aliphatic rings. The second-order valence-electron chi connectivity index (χ2n) is 2.88. The van der Waals surface area contributed by atoms with Crippen LogP contribution in [0, 0.1) is 0 Å². The van der Waals surface area contributed by atoms with Crippen LogP contribution in [-0.2, 0) is 0 Å². The molecular weight excluding hydrogens is 124 g/mol. The van der Waals surface area contributed by atoms with Crippen LogP contribution in [0.3, 0.4) is 0 Å². The van der Waals surface area contributed by atoms with Crippen molar-refractivity contribution in [2.75, 3.05) is 0 Å². The summed E-state index contributed by atoms with van der Waals surface area (Å²) in [6.07, 6.45) is 5.03. The molecule has 1 aliphatic carbocycles. The van der Waals surface area contributed by atoms with Gasteiger partial charge in [0.05, 0.1) is 6.10 Å². The van der Waals surface area contributed by atoms with E-state index >= 15 is 0 Å². The molecule has 0 bridgehead atoms. The molecule has 1 atom stereocenters. The highest BCUT2D eigenvalue weighted by atomic mass is 16.3. The molecule has 0 aromatic heterocycles. The van der Waals surface area contributed by atoms with Crippen molar-refractivity contribution < 1.29 is 5.11 Å². The van der Waals surface area contributed by atoms with Gasteiger partial charge >= 0.3 is 0 Å². The molecule has 0 aliphatic heterocycles. The lowest BCUT2D eigenvalue weighted by Gasteiger charge is -2.04. The predicted molar refractivity (Wildman–Crippen MR) is 41.7 cm³/mol. The van der Waals surface area contributed by atoms with Gasteiger partial charge in [0.1, 0.15) is 0 Å². The standard InChI is InChI=1S/C9H14O/c1-2-8-5-3-4-6-9(10)7-8/h9-10H,1,3-7H2. The molecule has 1 saturated carbocycles. The van der Waals surface area contributed by atoms with Crippen LogP contribution in [-0.4, -0.2) is 11.2 Å². The maximum atomic E-state index is 9.30. The Morgan fingerprint density at radius 1 is 1.50 bits per heavy atom. The Morgan fingerprint density at radius 3 is 3.00 bits per heavy atom. The molecule has 0 aromatic carbocycles. The number of hydrogen-bond donors (Lipinski definition) is 1. The van der Waals surface area contributed by atoms with Gasteiger partial charge in [-0.3, -0.25) is 0 Å². The fourth-order valence-corrected chi connectivity index (χ4v) is 1.37. The van der Waals surface area contributed by atoms with Crippen molar-refractivity contribution in [3.63, 3.8) is 0 Å². The lowest BCUT2D eigenvalue weighted by Crippen LogP contribution is -2.03. The molecule has 56 valence electrons. The van der Waals surface area contributed by atoms with Crippen molar-refractivity contribution in [2.24, 2.45) is 0 Å². The quantitative estimate of drug-likeness (QED) is 0.401. The second kappa shape index (κ2) is 3.60. The summed E-state index contributed by atoms with van der Waals surface area (Å²) in [5.74, 6) is 0. The molecule has 0 aromatic rings. The zero-order chi connectivity index (χ0) is 7.40. The van der Waals surface area contributed by atoms with Crippen LogP contribution in [0.15, 0.2) is 17.9 Å². The lowest BCUT2D eigenvalue weighted by molar-refractivity contribution is 0.166. The predicted octanol–water partition coefficient (Wildman–Crippen LogP) is 2.02. The highest BCUT2D eigenvalue weighted by molar-refractivity contribution is 5.01. The van der Waals surface area contributed by atoms with E-state index in [9.17, 15) is 5.11 Å². The molecule has 0 heterocycles. The average Bonchev–Trinajstić information content (AvgIpc) is 2.13. The Balaban J connectivity index is 2.54. The van der Waals surface area contributed by atoms with Crippen molar-refractivity contribution in [1.29, 1.82) is 0 Å². The minimum absolute atomic E-state index is 0.133. The molecule has 0 radical (unpaired) electrons. The third kappa shape index (κ3) is 2.02. The largest absolute Gasteiger partial charge is 0.393 e. The Labute approximate surface area is 62.1 Å². The van der Waals surface area contributed by atoms with Crippen LogP contribution in [0.1, 0.15) is 32.1 Å². The van der Waals surface area contributed by atoms with Gasteiger partial charge in [-0.1, -0.05) is 13.0 Å². The van der Waals surface area contributed by atoms with E-state index in [1.54, 1.807) is 0 Å². The van der Waals surface area contributed by atoms with E-state index in [-0.39, 0.29) is 6.10 Å². The van der Waals surface area contributed by atoms with Gasteiger partial charge in [-0.15, -0.1) is 5.73 Å². The van der Waals surface area contributed by atoms with Gasteiger partial charge in [-0.25, -0.2) is 0 Å². The zero-order valence-corrected chi connectivity index (χ0v) is 6.27. The maximum Gasteiger partial charge on any atom is 0.0583 e. The van der Waals surface area contributed by atoms with Gasteiger partial charge < -0.3 is 5.11 Å². The van der Waals surface area contributed by atoms with E-state index < -0.39 is 0 Å². The highest BCUT2D eigenvalue weighted by Crippen LogP contribution is 2.21. The van der Waals surface area contributed by atoms with E-state index in [4.69, 9.17) is 0 Å². The molecule has 0 saturated heterocycles. The maximum absolute atomic E-state index is 9.30. The van der Waals surface area contributed by atoms with Crippen LogP contribution < -0.4 is 0 Å². The number of aliphatic hydroxyl groups is 1. The van der Waals surface area contributed by atoms with Gasteiger partial charge in [0.25, 0.3) is 0 Å². The monoisotopic (exact) mass is 138 g/mol. The van der Waals surface area contributed by atoms with E-state index in [2.05, 4.69) is 12.3 Å². The lowest BCUT2D eigenvalue weighted by atomic mass is 10.1. The van der Waals surface area contributed by atoms with Crippen LogP contribution in [0.2, 0.25) is 0 Å². The first-order valence-corrected chi connectivity index (χ1v) is 3.89. The fourth-order valence-electron chi connectivity index (χ4n) is 1.37. The smallest absolute Gasteiger partial charge is 0.0583 e. The summed E-state index contributed by atoms with van der Waals surface area (Å²) < 4.78 is 0. The number of hydrogen-bond acceptors (Lipinski definition) is 1. The van der Waals surface area contributed by atoms with Crippen LogP contribution >= 0.6 is 0 Å². The van der Waals surface area contributed by atoms with Crippen LogP contribution in [0.4, 0.5) is 0 Å². The third-order valence-corrected chi connectivity index (χ3v) is 2.00. The first-order chi connectivity index (χ1) is 4.83. The molecule has 1 nitrogen and oxygen atoms in total. The average molecular weight is 138 g/mol. The minimum atomic E-state index is -0.133. The molecule has 0 amide bonds. The Morgan fingerprint density at radius 2 is 2.30 bits per heavy atom. The summed E-state index contributed by atoms with van der Waals surface area (Å²) in [7, 11) is 0. The summed E-state index contributed by atoms with van der Waals surface area (Å²) in [4.78, 5) is 0. The molecule has 1 fully saturated rings. The molecule has 1 unspecified atom stereocenters. The van der Waals surface area contributed by atoms with Crippen molar-refractivity contribution >= 4 is 0 Å². The van der Waals surface area contributed by atoms with Crippen molar-refractivity contribution in [3.8, 4) is 0 Å². The number of rotatable bonds is 0. The van der Waals surface area contributed by atoms with E-state index in [0.717, 1.165) is 25.7 Å². The zero-order valence-electron chi connectivity index (χ0n) is 6.27. The van der Waals surface area contributed by atoms with Gasteiger partial charge in [0, 0.05) is 6.42 Å². The molecule has 1 rings (SSSR count). The SMILES string of the molecule is C=C=C1CCCCC(O)C1. The summed E-state index contributed by atoms with van der Waals surface area (Å²) in [5, 5.41) is 9.30. The van der Waals surface area contributed by atoms with Gasteiger partial charge in [-0.2, -0.15) is 0 Å². The summed E-state index contributed by atoms with van der Waals surface area (Å²) in [6.45, 7) is 3.59. The van der Waals surface area contributed by atoms with Crippen LogP contribution in [0.5, 0.6) is 0 Å². The normalized spacial score (nSPS) is 27.3. The van der Waals surface area contributed by atoms with Gasteiger partial charge in [-0.05, 0) is 24.8 Å². The third-order valence-electron chi connectivity index (χ3n) is 2.00. The molecule has 1 N–H and O–H groups in total. The van der Waals surface area contributed by atoms with Crippen molar-refractivity contribution in [1.82, 2.24) is 0 Å². The van der Waals surface area contributed by atoms with E-state index in [0.29, 0.717) is 0 Å². The molecule has 1 heteroatoms. The molecule has 0 spiro atoms. The summed E-state index contributed by atoms with van der Waals surface area (Å²) >= 11 is 0. The Bertz CT molecular complexity index is 154. The van der Waals surface area contributed by atoms with Crippen molar-refractivity contribution in [3.05, 3.63) is 17.9 Å². The fraction of sp³-hybridized carbons (Fsp3) is 0.667. The summed E-state index contributed by atoms with van der Waals surface area (Å²) in [5.41, 5.74) is 4.08. The van der Waals surface area contributed by atoms with E-state index in [1.807, 2.05) is 0 Å². The van der Waals surface area contributed by atoms with Crippen molar-refractivity contribution in [2.45, 2.75) is 38.2 Å². The number of aliphatic hydroxyl groups excluding tert-OH is 1. The first kappa shape index (κ1) is 7.59. The Kier molecular flexibility index (Phi) is 2.73. The van der Waals surface area contributed by atoms with Gasteiger partial charge in [0.2, 0.25) is 0 Å². The minimum Gasteiger partial charge on any atom is -0.393 e. The van der Waals surface area contributed by atoms with Crippen LogP contribution in [0.25, 0.3) is 0 Å².